The highest BCUT2D eigenvalue weighted by atomic mass is 32.2. The molecule has 122 valence electrons. The van der Waals surface area contributed by atoms with Crippen molar-refractivity contribution in [2.75, 3.05) is 18.1 Å². The molecule has 7 heteroatoms. The molecule has 0 bridgehead atoms. The van der Waals surface area contributed by atoms with Crippen LogP contribution in [0.15, 0.2) is 24.3 Å². The summed E-state index contributed by atoms with van der Waals surface area (Å²) in [5.74, 6) is -1.02. The molecule has 1 unspecified atom stereocenters. The monoisotopic (exact) mass is 335 g/mol. The largest absolute Gasteiger partial charge is 0.377 e. The van der Waals surface area contributed by atoms with Crippen molar-refractivity contribution in [3.05, 3.63) is 35.4 Å². The first kappa shape index (κ1) is 16.0. The van der Waals surface area contributed by atoms with Crippen molar-refractivity contribution in [3.63, 3.8) is 0 Å². The van der Waals surface area contributed by atoms with Crippen LogP contribution < -0.4 is 0 Å². The van der Waals surface area contributed by atoms with Crippen LogP contribution in [0.3, 0.4) is 0 Å². The summed E-state index contributed by atoms with van der Waals surface area (Å²) in [5.41, 5.74) is 0.516. The average molecular weight is 335 g/mol. The van der Waals surface area contributed by atoms with Crippen molar-refractivity contribution in [1.29, 1.82) is 0 Å². The molecule has 2 amide bonds. The quantitative estimate of drug-likeness (QED) is 0.767. The molecular formula is C16H17NO5S. The van der Waals surface area contributed by atoms with E-state index in [-0.39, 0.29) is 23.0 Å². The third-order valence-corrected chi connectivity index (χ3v) is 4.79. The molecule has 0 N–H and O–H groups in total. The minimum Gasteiger partial charge on any atom is -0.377 e. The van der Waals surface area contributed by atoms with Crippen LogP contribution in [-0.4, -0.2) is 47.1 Å². The molecule has 0 aliphatic carbocycles. The fraction of sp³-hybridized carbons (Fsp3) is 0.438. The number of ether oxygens (including phenoxy) is 1. The molecular weight excluding hydrogens is 318 g/mol. The molecule has 6 nitrogen and oxygen atoms in total. The van der Waals surface area contributed by atoms with Crippen LogP contribution in [-0.2, 0) is 14.4 Å². The van der Waals surface area contributed by atoms with Crippen molar-refractivity contribution in [2.24, 2.45) is 0 Å². The van der Waals surface area contributed by atoms with Gasteiger partial charge in [0.15, 0.2) is 0 Å². The second-order valence-electron chi connectivity index (χ2n) is 5.42. The Morgan fingerprint density at radius 3 is 2.52 bits per heavy atom. The van der Waals surface area contributed by atoms with Crippen molar-refractivity contribution < 1.29 is 24.0 Å². The summed E-state index contributed by atoms with van der Waals surface area (Å²) in [5, 5.41) is 0.546. The van der Waals surface area contributed by atoms with E-state index in [0.29, 0.717) is 10.8 Å². The third kappa shape index (κ3) is 3.56. The fourth-order valence-corrected chi connectivity index (χ4v) is 3.45. The van der Waals surface area contributed by atoms with Gasteiger partial charge < -0.3 is 9.57 Å². The van der Waals surface area contributed by atoms with E-state index in [1.807, 2.05) is 0 Å². The summed E-state index contributed by atoms with van der Waals surface area (Å²) in [6, 6.07) is 6.40. The lowest BCUT2D eigenvalue weighted by atomic mass is 10.1. The Hall–Kier alpha value is -1.86. The number of amides is 2. The molecule has 0 radical (unpaired) electrons. The molecule has 2 aliphatic rings. The van der Waals surface area contributed by atoms with Crippen molar-refractivity contribution in [1.82, 2.24) is 5.06 Å². The second kappa shape index (κ2) is 7.14. The van der Waals surface area contributed by atoms with Crippen LogP contribution in [0.1, 0.15) is 40.0 Å². The predicted octanol–water partition coefficient (Wildman–Crippen LogP) is 2.04. The first-order valence-corrected chi connectivity index (χ1v) is 8.70. The van der Waals surface area contributed by atoms with Crippen LogP contribution in [0.25, 0.3) is 0 Å². The van der Waals surface area contributed by atoms with Crippen molar-refractivity contribution in [3.8, 4) is 0 Å². The topological polar surface area (TPSA) is 72.9 Å². The van der Waals surface area contributed by atoms with Crippen LogP contribution >= 0.6 is 11.8 Å². The van der Waals surface area contributed by atoms with E-state index in [1.165, 1.54) is 11.8 Å². The van der Waals surface area contributed by atoms with Gasteiger partial charge >= 0.3 is 5.97 Å². The average Bonchev–Trinajstić information content (AvgIpc) is 2.81. The van der Waals surface area contributed by atoms with Crippen molar-refractivity contribution >= 4 is 29.5 Å². The highest BCUT2D eigenvalue weighted by Crippen LogP contribution is 2.23. The number of hydrogen-bond acceptors (Lipinski definition) is 6. The molecule has 2 heterocycles. The molecule has 2 aliphatic heterocycles. The van der Waals surface area contributed by atoms with Gasteiger partial charge in [-0.2, -0.15) is 0 Å². The van der Waals surface area contributed by atoms with Crippen LogP contribution in [0.5, 0.6) is 0 Å². The van der Waals surface area contributed by atoms with Gasteiger partial charge in [0, 0.05) is 12.4 Å². The summed E-state index contributed by atoms with van der Waals surface area (Å²) in [6.07, 6.45) is 3.40. The Kier molecular flexibility index (Phi) is 4.97. The van der Waals surface area contributed by atoms with Gasteiger partial charge in [0.05, 0.1) is 23.0 Å². The maximum Gasteiger partial charge on any atom is 0.343 e. The van der Waals surface area contributed by atoms with Gasteiger partial charge in [0.2, 0.25) is 0 Å². The minimum atomic E-state index is -0.611. The van der Waals surface area contributed by atoms with E-state index < -0.39 is 17.8 Å². The number of hydrogen-bond donors (Lipinski definition) is 0. The second-order valence-corrected chi connectivity index (χ2v) is 6.45. The number of nitrogens with zero attached hydrogens (tertiary/aromatic N) is 1. The minimum absolute atomic E-state index is 0.0767. The molecule has 1 fully saturated rings. The predicted molar refractivity (Wildman–Crippen MR) is 84.0 cm³/mol. The zero-order valence-electron chi connectivity index (χ0n) is 12.5. The molecule has 0 spiro atoms. The van der Waals surface area contributed by atoms with Crippen LogP contribution in [0.4, 0.5) is 0 Å². The van der Waals surface area contributed by atoms with Gasteiger partial charge in [-0.1, -0.05) is 17.2 Å². The fourth-order valence-electron chi connectivity index (χ4n) is 2.59. The van der Waals surface area contributed by atoms with Gasteiger partial charge in [-0.25, -0.2) is 4.79 Å². The summed E-state index contributed by atoms with van der Waals surface area (Å²) >= 11 is 1.39. The van der Waals surface area contributed by atoms with Crippen LogP contribution in [0, 0.1) is 0 Å². The standard InChI is InChI=1S/C16H17NO5S/c18-14(10-23-9-11-5-3-4-8-21-11)22-17-15(19)12-6-1-2-7-13(12)16(17)20/h1-2,6-7,11H,3-5,8-10H2. The van der Waals surface area contributed by atoms with Crippen molar-refractivity contribution in [2.45, 2.75) is 25.4 Å². The number of benzene rings is 1. The number of fused-ring (bicyclic) bond motifs is 1. The van der Waals surface area contributed by atoms with E-state index in [1.54, 1.807) is 24.3 Å². The lowest BCUT2D eigenvalue weighted by Gasteiger charge is -2.22. The summed E-state index contributed by atoms with van der Waals surface area (Å²) in [4.78, 5) is 40.9. The number of rotatable bonds is 5. The summed E-state index contributed by atoms with van der Waals surface area (Å²) in [7, 11) is 0. The Morgan fingerprint density at radius 1 is 1.22 bits per heavy atom. The number of imide groups is 1. The zero-order valence-corrected chi connectivity index (χ0v) is 13.3. The maximum atomic E-state index is 12.1. The Labute approximate surface area is 138 Å². The van der Waals surface area contributed by atoms with Gasteiger partial charge in [0.25, 0.3) is 11.8 Å². The highest BCUT2D eigenvalue weighted by Gasteiger charge is 2.38. The maximum absolute atomic E-state index is 12.1. The lowest BCUT2D eigenvalue weighted by molar-refractivity contribution is -0.165. The Balaban J connectivity index is 1.49. The number of carbonyl (C=O) groups is 3. The Bertz CT molecular complexity index is 592. The van der Waals surface area contributed by atoms with E-state index in [4.69, 9.17) is 9.57 Å². The van der Waals surface area contributed by atoms with E-state index in [9.17, 15) is 14.4 Å². The van der Waals surface area contributed by atoms with Gasteiger partial charge in [-0.15, -0.1) is 11.8 Å². The normalized spacial score (nSPS) is 20.5. The lowest BCUT2D eigenvalue weighted by Crippen LogP contribution is -2.33. The van der Waals surface area contributed by atoms with Gasteiger partial charge in [0.1, 0.15) is 0 Å². The molecule has 0 saturated carbocycles. The Morgan fingerprint density at radius 2 is 1.91 bits per heavy atom. The molecule has 0 aromatic heterocycles. The number of carbonyl (C=O) groups excluding carboxylic acids is 3. The molecule has 3 rings (SSSR count). The first-order chi connectivity index (χ1) is 11.2. The molecule has 1 saturated heterocycles. The van der Waals surface area contributed by atoms with Crippen LogP contribution in [0.2, 0.25) is 0 Å². The smallest absolute Gasteiger partial charge is 0.343 e. The van der Waals surface area contributed by atoms with E-state index in [0.717, 1.165) is 25.9 Å². The van der Waals surface area contributed by atoms with Gasteiger partial charge in [-0.3, -0.25) is 9.59 Å². The highest BCUT2D eigenvalue weighted by molar-refractivity contribution is 7.99. The first-order valence-electron chi connectivity index (χ1n) is 7.55. The molecule has 23 heavy (non-hydrogen) atoms. The zero-order chi connectivity index (χ0) is 16.2. The summed E-state index contributed by atoms with van der Waals surface area (Å²) < 4.78 is 5.58. The molecule has 1 aromatic carbocycles. The third-order valence-electron chi connectivity index (χ3n) is 3.75. The molecule has 1 aromatic rings. The van der Waals surface area contributed by atoms with E-state index >= 15 is 0 Å². The van der Waals surface area contributed by atoms with Gasteiger partial charge in [-0.05, 0) is 31.4 Å². The van der Waals surface area contributed by atoms with E-state index in [2.05, 4.69) is 0 Å². The SMILES string of the molecule is O=C(CSCC1CCCCO1)ON1C(=O)c2ccccc2C1=O. The number of thioether (sulfide) groups is 1. The molecule has 1 atom stereocenters. The summed E-state index contributed by atoms with van der Waals surface area (Å²) in [6.45, 7) is 0.769. The number of hydroxylamine groups is 2.